The number of ether oxygens (including phenoxy) is 1. The Morgan fingerprint density at radius 2 is 2.11 bits per heavy atom. The largest absolute Gasteiger partial charge is 0.447 e. The summed E-state index contributed by atoms with van der Waals surface area (Å²) in [6, 6.07) is 5.88. The van der Waals surface area contributed by atoms with E-state index in [1.165, 1.54) is 0 Å². The lowest BCUT2D eigenvalue weighted by atomic mass is 10.3. The fourth-order valence-electron chi connectivity index (χ4n) is 2.03. The van der Waals surface area contributed by atoms with Crippen molar-refractivity contribution < 1.29 is 14.6 Å². The van der Waals surface area contributed by atoms with E-state index in [0.717, 1.165) is 25.3 Å². The Bertz CT molecular complexity index is 391. The summed E-state index contributed by atoms with van der Waals surface area (Å²) in [5.41, 5.74) is 1.04. The smallest absolute Gasteiger partial charge is 0.409 e. The highest BCUT2D eigenvalue weighted by atomic mass is 16.6. The minimum Gasteiger partial charge on any atom is -0.447 e. The SMILES string of the molecule is O=C(OCCO)N1CCN(Cc2ccccn2)CC1. The van der Waals surface area contributed by atoms with E-state index in [1.54, 1.807) is 11.1 Å². The molecule has 104 valence electrons. The van der Waals surface area contributed by atoms with Crippen molar-refractivity contribution in [3.63, 3.8) is 0 Å². The molecule has 0 spiro atoms. The predicted octanol–water partition coefficient (Wildman–Crippen LogP) is 0.328. The topological polar surface area (TPSA) is 65.9 Å². The summed E-state index contributed by atoms with van der Waals surface area (Å²) in [5.74, 6) is 0. The summed E-state index contributed by atoms with van der Waals surface area (Å²) < 4.78 is 4.89. The molecular formula is C13H19N3O3. The third-order valence-corrected chi connectivity index (χ3v) is 3.06. The van der Waals surface area contributed by atoms with Gasteiger partial charge in [-0.15, -0.1) is 0 Å². The van der Waals surface area contributed by atoms with Crippen molar-refractivity contribution in [1.29, 1.82) is 0 Å². The summed E-state index contributed by atoms with van der Waals surface area (Å²) in [5, 5.41) is 8.61. The van der Waals surface area contributed by atoms with Crippen molar-refractivity contribution in [2.24, 2.45) is 0 Å². The molecule has 1 aromatic heterocycles. The molecule has 1 aliphatic heterocycles. The van der Waals surface area contributed by atoms with E-state index in [1.807, 2.05) is 18.2 Å². The second-order valence-electron chi connectivity index (χ2n) is 4.42. The molecule has 2 rings (SSSR count). The maximum absolute atomic E-state index is 11.6. The zero-order valence-electron chi connectivity index (χ0n) is 10.9. The second kappa shape index (κ2) is 7.06. The van der Waals surface area contributed by atoms with Crippen LogP contribution >= 0.6 is 0 Å². The fourth-order valence-corrected chi connectivity index (χ4v) is 2.03. The first-order valence-corrected chi connectivity index (χ1v) is 6.44. The van der Waals surface area contributed by atoms with Crippen LogP contribution in [0.4, 0.5) is 4.79 Å². The number of nitrogens with zero attached hydrogens (tertiary/aromatic N) is 3. The monoisotopic (exact) mass is 265 g/mol. The number of pyridine rings is 1. The van der Waals surface area contributed by atoms with Gasteiger partial charge in [-0.1, -0.05) is 6.07 Å². The zero-order chi connectivity index (χ0) is 13.5. The lowest BCUT2D eigenvalue weighted by Crippen LogP contribution is -2.48. The van der Waals surface area contributed by atoms with Crippen LogP contribution in [-0.2, 0) is 11.3 Å². The normalized spacial score (nSPS) is 16.4. The Hall–Kier alpha value is -1.66. The van der Waals surface area contributed by atoms with Crippen LogP contribution in [0.2, 0.25) is 0 Å². The molecule has 0 aromatic carbocycles. The van der Waals surface area contributed by atoms with Gasteiger partial charge in [-0.3, -0.25) is 9.88 Å². The van der Waals surface area contributed by atoms with Crippen molar-refractivity contribution in [3.05, 3.63) is 30.1 Å². The molecule has 6 nitrogen and oxygen atoms in total. The van der Waals surface area contributed by atoms with Crippen molar-refractivity contribution >= 4 is 6.09 Å². The molecule has 0 aliphatic carbocycles. The first-order valence-electron chi connectivity index (χ1n) is 6.44. The molecule has 0 saturated carbocycles. The number of amides is 1. The van der Waals surface area contributed by atoms with Gasteiger partial charge in [-0.2, -0.15) is 0 Å². The first-order chi connectivity index (χ1) is 9.29. The van der Waals surface area contributed by atoms with Crippen LogP contribution in [0.15, 0.2) is 24.4 Å². The first kappa shape index (κ1) is 13.8. The standard InChI is InChI=1S/C13H19N3O3/c17-9-10-19-13(18)16-7-5-15(6-8-16)11-12-3-1-2-4-14-12/h1-4,17H,5-11H2. The van der Waals surface area contributed by atoms with Crippen molar-refractivity contribution in [2.45, 2.75) is 6.54 Å². The second-order valence-corrected chi connectivity index (χ2v) is 4.42. The molecule has 2 heterocycles. The van der Waals surface area contributed by atoms with E-state index < -0.39 is 0 Å². The van der Waals surface area contributed by atoms with Gasteiger partial charge in [0.05, 0.1) is 12.3 Å². The zero-order valence-corrected chi connectivity index (χ0v) is 10.9. The molecule has 1 saturated heterocycles. The Balaban J connectivity index is 1.75. The predicted molar refractivity (Wildman–Crippen MR) is 69.5 cm³/mol. The minimum atomic E-state index is -0.341. The van der Waals surface area contributed by atoms with Crippen LogP contribution in [0.5, 0.6) is 0 Å². The van der Waals surface area contributed by atoms with Crippen molar-refractivity contribution in [3.8, 4) is 0 Å². The maximum Gasteiger partial charge on any atom is 0.409 e. The lowest BCUT2D eigenvalue weighted by molar-refractivity contribution is 0.0628. The Morgan fingerprint density at radius 1 is 1.32 bits per heavy atom. The Labute approximate surface area is 112 Å². The molecule has 1 amide bonds. The van der Waals surface area contributed by atoms with Crippen LogP contribution in [0.3, 0.4) is 0 Å². The van der Waals surface area contributed by atoms with Crippen molar-refractivity contribution in [2.75, 3.05) is 39.4 Å². The van der Waals surface area contributed by atoms with E-state index in [0.29, 0.717) is 13.1 Å². The molecule has 1 aromatic rings. The van der Waals surface area contributed by atoms with Crippen molar-refractivity contribution in [1.82, 2.24) is 14.8 Å². The molecule has 1 N–H and O–H groups in total. The minimum absolute atomic E-state index is 0.0625. The van der Waals surface area contributed by atoms with Gasteiger partial charge in [0.15, 0.2) is 0 Å². The maximum atomic E-state index is 11.6. The Morgan fingerprint density at radius 3 is 2.74 bits per heavy atom. The van der Waals surface area contributed by atoms with Crippen LogP contribution < -0.4 is 0 Å². The lowest BCUT2D eigenvalue weighted by Gasteiger charge is -2.33. The molecule has 6 heteroatoms. The van der Waals surface area contributed by atoms with Gasteiger partial charge in [-0.25, -0.2) is 4.79 Å². The van der Waals surface area contributed by atoms with Crippen LogP contribution in [0.25, 0.3) is 0 Å². The summed E-state index contributed by atoms with van der Waals surface area (Å²) in [4.78, 5) is 19.8. The number of aliphatic hydroxyl groups is 1. The van der Waals surface area contributed by atoms with E-state index in [2.05, 4.69) is 9.88 Å². The number of hydrogen-bond donors (Lipinski definition) is 1. The molecular weight excluding hydrogens is 246 g/mol. The summed E-state index contributed by atoms with van der Waals surface area (Å²) in [6.07, 6.45) is 1.45. The van der Waals surface area contributed by atoms with Gasteiger partial charge in [0.1, 0.15) is 6.61 Å². The van der Waals surface area contributed by atoms with Gasteiger partial charge >= 0.3 is 6.09 Å². The summed E-state index contributed by atoms with van der Waals surface area (Å²) in [7, 11) is 0. The van der Waals surface area contributed by atoms with Crippen LogP contribution in [0.1, 0.15) is 5.69 Å². The van der Waals surface area contributed by atoms with E-state index in [-0.39, 0.29) is 19.3 Å². The van der Waals surface area contributed by atoms with Gasteiger partial charge in [0.2, 0.25) is 0 Å². The number of carbonyl (C=O) groups is 1. The number of hydrogen-bond acceptors (Lipinski definition) is 5. The summed E-state index contributed by atoms with van der Waals surface area (Å²) >= 11 is 0. The highest BCUT2D eigenvalue weighted by Crippen LogP contribution is 2.07. The molecule has 0 atom stereocenters. The average Bonchev–Trinajstić information content (AvgIpc) is 2.46. The third kappa shape index (κ3) is 4.18. The third-order valence-electron chi connectivity index (χ3n) is 3.06. The van der Waals surface area contributed by atoms with Crippen LogP contribution in [0, 0.1) is 0 Å². The number of piperazine rings is 1. The Kier molecular flexibility index (Phi) is 5.11. The molecule has 1 aliphatic rings. The van der Waals surface area contributed by atoms with E-state index >= 15 is 0 Å². The van der Waals surface area contributed by atoms with Gasteiger partial charge in [0, 0.05) is 38.9 Å². The number of carbonyl (C=O) groups excluding carboxylic acids is 1. The molecule has 0 unspecified atom stereocenters. The fraction of sp³-hybridized carbons (Fsp3) is 0.538. The van der Waals surface area contributed by atoms with Gasteiger partial charge < -0.3 is 14.7 Å². The molecule has 0 bridgehead atoms. The van der Waals surface area contributed by atoms with E-state index in [4.69, 9.17) is 9.84 Å². The number of aliphatic hydroxyl groups excluding tert-OH is 1. The molecule has 1 fully saturated rings. The summed E-state index contributed by atoms with van der Waals surface area (Å²) in [6.45, 7) is 3.66. The number of aromatic nitrogens is 1. The molecule has 0 radical (unpaired) electrons. The van der Waals surface area contributed by atoms with Gasteiger partial charge in [-0.05, 0) is 12.1 Å². The highest BCUT2D eigenvalue weighted by Gasteiger charge is 2.22. The van der Waals surface area contributed by atoms with E-state index in [9.17, 15) is 4.79 Å². The highest BCUT2D eigenvalue weighted by molar-refractivity contribution is 5.67. The van der Waals surface area contributed by atoms with Gasteiger partial charge in [0.25, 0.3) is 0 Å². The number of rotatable bonds is 4. The average molecular weight is 265 g/mol. The van der Waals surface area contributed by atoms with Crippen LogP contribution in [-0.4, -0.2) is 65.4 Å². The molecule has 19 heavy (non-hydrogen) atoms. The quantitative estimate of drug-likeness (QED) is 0.849.